The predicted molar refractivity (Wildman–Crippen MR) is 49.7 cm³/mol. The quantitative estimate of drug-likeness (QED) is 0.818. The minimum absolute atomic E-state index is 0.101. The van der Waals surface area contributed by atoms with Gasteiger partial charge in [0.25, 0.3) is 0 Å². The highest BCUT2D eigenvalue weighted by Gasteiger charge is 2.12. The van der Waals surface area contributed by atoms with E-state index in [1.54, 1.807) is 0 Å². The lowest BCUT2D eigenvalue weighted by molar-refractivity contribution is -0.0498. The fourth-order valence-corrected chi connectivity index (χ4v) is 1.48. The van der Waals surface area contributed by atoms with E-state index in [1.807, 2.05) is 0 Å². The maximum Gasteiger partial charge on any atom is 0.387 e. The van der Waals surface area contributed by atoms with E-state index in [1.165, 1.54) is 0 Å². The van der Waals surface area contributed by atoms with Crippen LogP contribution in [0.3, 0.4) is 0 Å². The van der Waals surface area contributed by atoms with Crippen LogP contribution in [0.1, 0.15) is 0 Å². The first-order valence-electron chi connectivity index (χ1n) is 3.67. The molecule has 0 bridgehead atoms. The van der Waals surface area contributed by atoms with Crippen molar-refractivity contribution in [3.8, 4) is 11.5 Å². The van der Waals surface area contributed by atoms with E-state index in [-0.39, 0.29) is 21.5 Å². The summed E-state index contributed by atoms with van der Waals surface area (Å²) in [5.74, 6) is -0.325. The van der Waals surface area contributed by atoms with Gasteiger partial charge in [-0.1, -0.05) is 23.2 Å². The summed E-state index contributed by atoms with van der Waals surface area (Å²) in [6.45, 7) is -4.10. The van der Waals surface area contributed by atoms with Crippen molar-refractivity contribution in [2.24, 2.45) is 0 Å². The Kier molecular flexibility index (Phi) is 4.35. The van der Waals surface area contributed by atoms with Crippen LogP contribution in [-0.4, -0.2) is 13.5 Å². The van der Waals surface area contributed by atoms with Gasteiger partial charge < -0.3 is 9.47 Å². The zero-order chi connectivity index (χ0) is 11.4. The number of rotatable bonds is 4. The number of hydrogen-bond donors (Lipinski definition) is 0. The molecule has 0 heterocycles. The van der Waals surface area contributed by atoms with Crippen molar-refractivity contribution in [3.63, 3.8) is 0 Å². The van der Waals surface area contributed by atoms with Gasteiger partial charge in [0.15, 0.2) is 5.75 Å². The Morgan fingerprint density at radius 2 is 1.73 bits per heavy atom. The average Bonchev–Trinajstić information content (AvgIpc) is 2.10. The number of alkyl halides is 3. The topological polar surface area (TPSA) is 18.5 Å². The third-order valence-electron chi connectivity index (χ3n) is 1.40. The van der Waals surface area contributed by atoms with Crippen molar-refractivity contribution in [2.45, 2.75) is 6.61 Å². The van der Waals surface area contributed by atoms with Crippen LogP contribution >= 0.6 is 23.2 Å². The second-order valence-corrected chi connectivity index (χ2v) is 3.16. The Morgan fingerprint density at radius 3 is 2.13 bits per heavy atom. The molecule has 15 heavy (non-hydrogen) atoms. The molecule has 0 saturated heterocycles. The largest absolute Gasteiger partial charge is 0.460 e. The lowest BCUT2D eigenvalue weighted by atomic mass is 10.3. The molecule has 0 unspecified atom stereocenters. The smallest absolute Gasteiger partial charge is 0.387 e. The number of ether oxygens (including phenoxy) is 2. The highest BCUT2D eigenvalue weighted by molar-refractivity contribution is 6.37. The van der Waals surface area contributed by atoms with Crippen molar-refractivity contribution in [1.29, 1.82) is 0 Å². The van der Waals surface area contributed by atoms with Gasteiger partial charge in [0.1, 0.15) is 5.75 Å². The molecule has 0 saturated carbocycles. The van der Waals surface area contributed by atoms with Gasteiger partial charge in [0.05, 0.1) is 10.0 Å². The highest BCUT2D eigenvalue weighted by atomic mass is 35.5. The van der Waals surface area contributed by atoms with Crippen LogP contribution < -0.4 is 9.47 Å². The van der Waals surface area contributed by atoms with E-state index in [4.69, 9.17) is 23.2 Å². The molecule has 0 aliphatic carbocycles. The molecule has 84 valence electrons. The molecule has 0 amide bonds. The first-order valence-corrected chi connectivity index (χ1v) is 4.42. The van der Waals surface area contributed by atoms with Gasteiger partial charge in [-0.3, -0.25) is 0 Å². The van der Waals surface area contributed by atoms with E-state index in [0.29, 0.717) is 0 Å². The Hall–Kier alpha value is -0.810. The molecule has 0 radical (unpaired) electrons. The first-order chi connectivity index (χ1) is 7.04. The molecule has 0 spiro atoms. The minimum atomic E-state index is -2.98. The van der Waals surface area contributed by atoms with Gasteiger partial charge in [-0.15, -0.1) is 0 Å². The Bertz CT molecular complexity index is 324. The van der Waals surface area contributed by atoms with Crippen molar-refractivity contribution in [3.05, 3.63) is 22.2 Å². The summed E-state index contributed by atoms with van der Waals surface area (Å²) in [6.07, 6.45) is 0. The SMILES string of the molecule is FCOc1c(Cl)cc(OC(F)F)cc1Cl. The van der Waals surface area contributed by atoms with Crippen LogP contribution in [0.2, 0.25) is 10.0 Å². The van der Waals surface area contributed by atoms with Gasteiger partial charge in [0.2, 0.25) is 6.86 Å². The van der Waals surface area contributed by atoms with Gasteiger partial charge in [-0.25, -0.2) is 4.39 Å². The summed E-state index contributed by atoms with van der Waals surface area (Å²) in [5, 5.41) is -0.202. The molecule has 1 rings (SSSR count). The summed E-state index contributed by atoms with van der Waals surface area (Å²) in [6, 6.07) is 2.12. The number of benzene rings is 1. The molecular formula is C8H5Cl2F3O2. The molecule has 1 aromatic carbocycles. The van der Waals surface area contributed by atoms with E-state index >= 15 is 0 Å². The second-order valence-electron chi connectivity index (χ2n) is 2.35. The van der Waals surface area contributed by atoms with Gasteiger partial charge in [0, 0.05) is 12.1 Å². The fourth-order valence-electron chi connectivity index (χ4n) is 0.900. The summed E-state index contributed by atoms with van der Waals surface area (Å²) in [4.78, 5) is 0. The van der Waals surface area contributed by atoms with Gasteiger partial charge in [-0.05, 0) is 0 Å². The van der Waals surface area contributed by atoms with Crippen molar-refractivity contribution in [1.82, 2.24) is 0 Å². The molecule has 0 aromatic heterocycles. The van der Waals surface area contributed by atoms with E-state index in [2.05, 4.69) is 9.47 Å². The van der Waals surface area contributed by atoms with E-state index < -0.39 is 13.5 Å². The summed E-state index contributed by atoms with van der Waals surface area (Å²) in [5.41, 5.74) is 0. The average molecular weight is 261 g/mol. The first kappa shape index (κ1) is 12.3. The molecule has 0 aliphatic heterocycles. The van der Waals surface area contributed by atoms with E-state index in [0.717, 1.165) is 12.1 Å². The molecule has 0 fully saturated rings. The fraction of sp³-hybridized carbons (Fsp3) is 0.250. The zero-order valence-electron chi connectivity index (χ0n) is 7.15. The van der Waals surface area contributed by atoms with Crippen molar-refractivity contribution in [2.75, 3.05) is 6.86 Å². The second kappa shape index (κ2) is 5.32. The van der Waals surface area contributed by atoms with E-state index in [9.17, 15) is 13.2 Å². The normalized spacial score (nSPS) is 10.5. The third-order valence-corrected chi connectivity index (χ3v) is 1.96. The monoisotopic (exact) mass is 260 g/mol. The molecule has 0 aliphatic rings. The maximum atomic E-state index is 11.9. The van der Waals surface area contributed by atoms with Gasteiger partial charge >= 0.3 is 6.61 Å². The molecule has 0 N–H and O–H groups in total. The molecule has 7 heteroatoms. The Labute approximate surface area is 93.5 Å². The van der Waals surface area contributed by atoms with Crippen LogP contribution in [0.4, 0.5) is 13.2 Å². The Morgan fingerprint density at radius 1 is 1.20 bits per heavy atom. The zero-order valence-corrected chi connectivity index (χ0v) is 8.66. The highest BCUT2D eigenvalue weighted by Crippen LogP contribution is 2.37. The maximum absolute atomic E-state index is 11.9. The summed E-state index contributed by atoms with van der Waals surface area (Å²) < 4.78 is 44.0. The third kappa shape index (κ3) is 3.35. The number of halogens is 5. The lowest BCUT2D eigenvalue weighted by Gasteiger charge is -2.09. The standard InChI is InChI=1S/C8H5Cl2F3O2/c9-5-1-4(15-8(12)13)2-6(10)7(5)14-3-11/h1-2,8H,3H2. The Balaban J connectivity index is 2.97. The molecule has 0 atom stereocenters. The van der Waals surface area contributed by atoms with Gasteiger partial charge in [-0.2, -0.15) is 8.78 Å². The molecule has 2 nitrogen and oxygen atoms in total. The predicted octanol–water partition coefficient (Wildman–Crippen LogP) is 3.90. The molecule has 1 aromatic rings. The van der Waals surface area contributed by atoms with Crippen LogP contribution in [-0.2, 0) is 0 Å². The summed E-state index contributed by atoms with van der Waals surface area (Å²) in [7, 11) is 0. The van der Waals surface area contributed by atoms with Crippen molar-refractivity contribution < 1.29 is 22.6 Å². The minimum Gasteiger partial charge on any atom is -0.460 e. The van der Waals surface area contributed by atoms with Crippen LogP contribution in [0, 0.1) is 0 Å². The van der Waals surface area contributed by atoms with Crippen molar-refractivity contribution >= 4 is 23.2 Å². The molecular weight excluding hydrogens is 256 g/mol. The summed E-state index contributed by atoms with van der Waals surface area (Å²) >= 11 is 11.2. The number of hydrogen-bond acceptors (Lipinski definition) is 2. The van der Waals surface area contributed by atoms with Crippen LogP contribution in [0.25, 0.3) is 0 Å². The lowest BCUT2D eigenvalue weighted by Crippen LogP contribution is -2.02. The van der Waals surface area contributed by atoms with Crippen LogP contribution in [0.5, 0.6) is 11.5 Å². The van der Waals surface area contributed by atoms with Crippen LogP contribution in [0.15, 0.2) is 12.1 Å².